The lowest BCUT2D eigenvalue weighted by Gasteiger charge is -2.27. The number of aliphatic carboxylic acids is 1. The molecule has 0 heterocycles. The molecule has 118 valence electrons. The van der Waals surface area contributed by atoms with Crippen LogP contribution in [-0.2, 0) is 15.1 Å². The van der Waals surface area contributed by atoms with Crippen LogP contribution in [-0.4, -0.2) is 17.0 Å². The first-order chi connectivity index (χ1) is 10.3. The topological polar surface area (TPSA) is 66.4 Å². The van der Waals surface area contributed by atoms with Gasteiger partial charge < -0.3 is 10.4 Å². The third-order valence-corrected chi connectivity index (χ3v) is 4.80. The van der Waals surface area contributed by atoms with Crippen LogP contribution in [0.25, 0.3) is 0 Å². The average molecular weight is 342 g/mol. The number of benzene rings is 1. The van der Waals surface area contributed by atoms with Crippen molar-refractivity contribution in [1.29, 1.82) is 0 Å². The number of hydrogen-bond acceptors (Lipinski definition) is 2. The average Bonchev–Trinajstić information content (AvgIpc) is 2.87. The van der Waals surface area contributed by atoms with Gasteiger partial charge >= 0.3 is 5.97 Å². The molecule has 0 radical (unpaired) electrons. The Morgan fingerprint density at radius 1 is 1.23 bits per heavy atom. The Kier molecular flexibility index (Phi) is 4.83. The minimum atomic E-state index is -1.57. The SMILES string of the molecule is CC1=C(C(=O)NC(C)(C(=O)O)c2ccc(Cl)c(Cl)c2)CCC1. The Bertz CT molecular complexity index is 669. The highest BCUT2D eigenvalue weighted by Crippen LogP contribution is 2.31. The molecule has 1 amide bonds. The molecule has 0 fully saturated rings. The van der Waals surface area contributed by atoms with Crippen LogP contribution < -0.4 is 5.32 Å². The maximum absolute atomic E-state index is 12.4. The number of rotatable bonds is 4. The molecule has 0 saturated carbocycles. The summed E-state index contributed by atoms with van der Waals surface area (Å²) < 4.78 is 0. The summed E-state index contributed by atoms with van der Waals surface area (Å²) >= 11 is 11.8. The first-order valence-corrected chi connectivity index (χ1v) is 7.71. The lowest BCUT2D eigenvalue weighted by Crippen LogP contribution is -2.50. The van der Waals surface area contributed by atoms with Crippen LogP contribution in [0.3, 0.4) is 0 Å². The van der Waals surface area contributed by atoms with Gasteiger partial charge in [0.05, 0.1) is 10.0 Å². The van der Waals surface area contributed by atoms with Gasteiger partial charge in [0.25, 0.3) is 0 Å². The minimum Gasteiger partial charge on any atom is -0.479 e. The molecule has 0 saturated heterocycles. The van der Waals surface area contributed by atoms with E-state index in [9.17, 15) is 14.7 Å². The molecule has 1 aromatic rings. The summed E-state index contributed by atoms with van der Waals surface area (Å²) in [5.74, 6) is -1.50. The largest absolute Gasteiger partial charge is 0.479 e. The summed E-state index contributed by atoms with van der Waals surface area (Å²) in [5, 5.41) is 12.8. The zero-order valence-electron chi connectivity index (χ0n) is 12.4. The van der Waals surface area contributed by atoms with Crippen molar-refractivity contribution in [3.8, 4) is 0 Å². The van der Waals surface area contributed by atoms with Gasteiger partial charge in [-0.1, -0.05) is 34.8 Å². The first-order valence-electron chi connectivity index (χ1n) is 6.95. The highest BCUT2D eigenvalue weighted by Gasteiger charge is 2.38. The van der Waals surface area contributed by atoms with Crippen LogP contribution in [0, 0.1) is 0 Å². The maximum Gasteiger partial charge on any atom is 0.333 e. The molecule has 0 aliphatic heterocycles. The molecule has 2 rings (SSSR count). The monoisotopic (exact) mass is 341 g/mol. The number of carbonyl (C=O) groups excluding carboxylic acids is 1. The van der Waals surface area contributed by atoms with Crippen LogP contribution in [0.15, 0.2) is 29.3 Å². The number of carboxylic acids is 1. The number of halogens is 2. The lowest BCUT2D eigenvalue weighted by atomic mass is 9.91. The molecular formula is C16H17Cl2NO3. The number of carboxylic acid groups (broad SMARTS) is 1. The predicted molar refractivity (Wildman–Crippen MR) is 86.1 cm³/mol. The second-order valence-corrected chi connectivity index (χ2v) is 6.44. The van der Waals surface area contributed by atoms with Gasteiger partial charge in [-0.05, 0) is 50.8 Å². The standard InChI is InChI=1S/C16H17Cl2NO3/c1-9-4-3-5-11(9)14(20)19-16(2,15(21)22)10-6-7-12(17)13(18)8-10/h6-8H,3-5H2,1-2H3,(H,19,20)(H,21,22). The van der Waals surface area contributed by atoms with E-state index in [0.717, 1.165) is 18.4 Å². The third-order valence-electron chi connectivity index (χ3n) is 4.06. The number of hydrogen-bond donors (Lipinski definition) is 2. The molecule has 1 aromatic carbocycles. The quantitative estimate of drug-likeness (QED) is 0.872. The van der Waals surface area contributed by atoms with Gasteiger partial charge in [0.2, 0.25) is 5.91 Å². The van der Waals surface area contributed by atoms with Gasteiger partial charge in [-0.25, -0.2) is 4.79 Å². The van der Waals surface area contributed by atoms with E-state index in [1.165, 1.54) is 19.1 Å². The Balaban J connectivity index is 2.36. The minimum absolute atomic E-state index is 0.247. The predicted octanol–water partition coefficient (Wildman–Crippen LogP) is 3.91. The molecule has 0 spiro atoms. The van der Waals surface area contributed by atoms with E-state index in [1.54, 1.807) is 6.07 Å². The van der Waals surface area contributed by atoms with Crippen molar-refractivity contribution in [2.45, 2.75) is 38.6 Å². The molecule has 1 aliphatic carbocycles. The van der Waals surface area contributed by atoms with Crippen LogP contribution in [0.1, 0.15) is 38.7 Å². The van der Waals surface area contributed by atoms with Gasteiger partial charge in [0, 0.05) is 5.57 Å². The second-order valence-electron chi connectivity index (χ2n) is 5.63. The van der Waals surface area contributed by atoms with Crippen molar-refractivity contribution < 1.29 is 14.7 Å². The van der Waals surface area contributed by atoms with E-state index >= 15 is 0 Å². The summed E-state index contributed by atoms with van der Waals surface area (Å²) in [5.41, 5.74) is 0.493. The summed E-state index contributed by atoms with van der Waals surface area (Å²) in [4.78, 5) is 24.2. The maximum atomic E-state index is 12.4. The van der Waals surface area contributed by atoms with Crippen molar-refractivity contribution in [3.05, 3.63) is 45.0 Å². The number of amides is 1. The molecule has 1 unspecified atom stereocenters. The summed E-state index contributed by atoms with van der Waals surface area (Å²) in [7, 11) is 0. The fourth-order valence-electron chi connectivity index (χ4n) is 2.56. The Morgan fingerprint density at radius 2 is 1.91 bits per heavy atom. The van der Waals surface area contributed by atoms with E-state index in [1.807, 2.05) is 6.92 Å². The van der Waals surface area contributed by atoms with Crippen LogP contribution in [0.4, 0.5) is 0 Å². The number of carbonyl (C=O) groups is 2. The molecule has 4 nitrogen and oxygen atoms in total. The molecule has 0 aromatic heterocycles. The fraction of sp³-hybridized carbons (Fsp3) is 0.375. The first kappa shape index (κ1) is 16.8. The fourth-order valence-corrected chi connectivity index (χ4v) is 2.86. The Hall–Kier alpha value is -1.52. The zero-order valence-corrected chi connectivity index (χ0v) is 13.9. The third kappa shape index (κ3) is 3.13. The van der Waals surface area contributed by atoms with Gasteiger partial charge in [0.15, 0.2) is 5.54 Å². The van der Waals surface area contributed by atoms with Crippen LogP contribution >= 0.6 is 23.2 Å². The van der Waals surface area contributed by atoms with Crippen molar-refractivity contribution in [2.24, 2.45) is 0 Å². The van der Waals surface area contributed by atoms with E-state index < -0.39 is 11.5 Å². The molecular weight excluding hydrogens is 325 g/mol. The second kappa shape index (κ2) is 6.31. The normalized spacial score (nSPS) is 17.3. The molecule has 1 aliphatic rings. The van der Waals surface area contributed by atoms with Gasteiger partial charge in [-0.15, -0.1) is 0 Å². The molecule has 0 bridgehead atoms. The van der Waals surface area contributed by atoms with Crippen molar-refractivity contribution >= 4 is 35.1 Å². The van der Waals surface area contributed by atoms with Crippen LogP contribution in [0.5, 0.6) is 0 Å². The molecule has 22 heavy (non-hydrogen) atoms. The zero-order chi connectivity index (χ0) is 16.5. The molecule has 6 heteroatoms. The summed E-state index contributed by atoms with van der Waals surface area (Å²) in [6.45, 7) is 3.34. The lowest BCUT2D eigenvalue weighted by molar-refractivity contribution is -0.146. The highest BCUT2D eigenvalue weighted by molar-refractivity contribution is 6.42. The van der Waals surface area contributed by atoms with Gasteiger partial charge in [-0.2, -0.15) is 0 Å². The Morgan fingerprint density at radius 3 is 2.41 bits per heavy atom. The Labute approximate surface area is 139 Å². The number of allylic oxidation sites excluding steroid dienone is 1. The van der Waals surface area contributed by atoms with Crippen LogP contribution in [0.2, 0.25) is 10.0 Å². The van der Waals surface area contributed by atoms with Gasteiger partial charge in [-0.3, -0.25) is 4.79 Å². The van der Waals surface area contributed by atoms with Crippen molar-refractivity contribution in [1.82, 2.24) is 5.32 Å². The summed E-state index contributed by atoms with van der Waals surface area (Å²) in [6.07, 6.45) is 2.47. The molecule has 2 N–H and O–H groups in total. The number of nitrogens with one attached hydrogen (secondary N) is 1. The van der Waals surface area contributed by atoms with Crippen molar-refractivity contribution in [3.63, 3.8) is 0 Å². The molecule has 1 atom stereocenters. The summed E-state index contributed by atoms with van der Waals surface area (Å²) in [6, 6.07) is 4.54. The highest BCUT2D eigenvalue weighted by atomic mass is 35.5. The van der Waals surface area contributed by atoms with E-state index in [4.69, 9.17) is 23.2 Å². The van der Waals surface area contributed by atoms with E-state index in [0.29, 0.717) is 22.6 Å². The van der Waals surface area contributed by atoms with Crippen molar-refractivity contribution in [2.75, 3.05) is 0 Å². The van der Waals surface area contributed by atoms with E-state index in [2.05, 4.69) is 5.32 Å². The smallest absolute Gasteiger partial charge is 0.333 e. The van der Waals surface area contributed by atoms with Gasteiger partial charge in [0.1, 0.15) is 0 Å². The van der Waals surface area contributed by atoms with E-state index in [-0.39, 0.29) is 10.9 Å².